The van der Waals surface area contributed by atoms with Crippen molar-refractivity contribution in [3.05, 3.63) is 113 Å². The van der Waals surface area contributed by atoms with Crippen molar-refractivity contribution in [1.82, 2.24) is 4.98 Å². The lowest BCUT2D eigenvalue weighted by Gasteiger charge is -2.18. The summed E-state index contributed by atoms with van der Waals surface area (Å²) in [5.41, 5.74) is 8.39. The molecule has 0 N–H and O–H groups in total. The van der Waals surface area contributed by atoms with Crippen LogP contribution in [0.1, 0.15) is 38.4 Å². The van der Waals surface area contributed by atoms with Gasteiger partial charge in [0, 0.05) is 11.8 Å². The molecule has 1 nitrogen and oxygen atoms in total. The Hall–Kier alpha value is -2.93. The Bertz CT molecular complexity index is 925. The highest BCUT2D eigenvalue weighted by Crippen LogP contribution is 2.34. The van der Waals surface area contributed by atoms with Gasteiger partial charge in [-0.3, -0.25) is 4.98 Å². The van der Waals surface area contributed by atoms with E-state index in [0.29, 0.717) is 0 Å². The summed E-state index contributed by atoms with van der Waals surface area (Å²) in [5.74, 6) is 0. The number of fused-ring (bicyclic) bond motifs is 3. The Balaban J connectivity index is 2.35. The quantitative estimate of drug-likeness (QED) is 0.550. The third-order valence-corrected chi connectivity index (χ3v) is 4.66. The lowest BCUT2D eigenvalue weighted by atomic mass is 9.87. The van der Waals surface area contributed by atoms with E-state index in [9.17, 15) is 0 Å². The zero-order chi connectivity index (χ0) is 18.4. The maximum absolute atomic E-state index is 4.63. The molecule has 0 aromatic carbocycles. The molecule has 0 fully saturated rings. The van der Waals surface area contributed by atoms with Gasteiger partial charge in [-0.2, -0.15) is 0 Å². The van der Waals surface area contributed by atoms with Gasteiger partial charge < -0.3 is 0 Å². The van der Waals surface area contributed by atoms with E-state index in [-0.39, 0.29) is 0 Å². The van der Waals surface area contributed by atoms with Crippen molar-refractivity contribution in [2.75, 3.05) is 0 Å². The first kappa shape index (κ1) is 17.9. The molecule has 2 bridgehead atoms. The molecule has 1 heterocycles. The van der Waals surface area contributed by atoms with Crippen LogP contribution in [0.15, 0.2) is 101 Å². The van der Waals surface area contributed by atoms with E-state index in [0.717, 1.165) is 12.1 Å². The summed E-state index contributed by atoms with van der Waals surface area (Å²) >= 11 is 0. The van der Waals surface area contributed by atoms with Crippen LogP contribution >= 0.6 is 0 Å². The minimum atomic E-state index is 0.965. The number of nitrogens with zero attached hydrogens (tertiary/aromatic N) is 1. The molecule has 0 unspecified atom stereocenters. The molecule has 0 radical (unpaired) electrons. The van der Waals surface area contributed by atoms with Gasteiger partial charge in [-0.05, 0) is 60.3 Å². The first-order chi connectivity index (χ1) is 12.8. The Labute approximate surface area is 156 Å². The van der Waals surface area contributed by atoms with Gasteiger partial charge in [0.05, 0.1) is 5.69 Å². The Kier molecular flexibility index (Phi) is 5.80. The van der Waals surface area contributed by atoms with Gasteiger partial charge >= 0.3 is 0 Å². The van der Waals surface area contributed by atoms with E-state index in [1.165, 1.54) is 33.4 Å². The molecular formula is C25H25N. The summed E-state index contributed by atoms with van der Waals surface area (Å²) in [5, 5.41) is 0. The van der Waals surface area contributed by atoms with Crippen molar-refractivity contribution >= 4 is 11.6 Å². The lowest BCUT2D eigenvalue weighted by molar-refractivity contribution is 1.14. The lowest BCUT2D eigenvalue weighted by Crippen LogP contribution is -2.00. The molecule has 3 rings (SSSR count). The van der Waals surface area contributed by atoms with Crippen LogP contribution in [0.25, 0.3) is 11.6 Å². The Morgan fingerprint density at radius 3 is 2.50 bits per heavy atom. The standard InChI is InChI=1S/C25H25N/c1-4-19-10-7-8-11-21(5-2)25-22(6-3)18-20(14-13-19)15-16-24-23(25)12-9-17-26-24/h4-5,7-18H,6H2,1-3H3/b10-7?,11-8?,14-13-,16-15?,19-4-,20-15?,20-18-,21-5+,22-18?,24-16?,25-22+,25-23?. The number of hydrogen-bond acceptors (Lipinski definition) is 1. The van der Waals surface area contributed by atoms with E-state index in [4.69, 9.17) is 0 Å². The van der Waals surface area contributed by atoms with E-state index in [2.05, 4.69) is 98.7 Å². The van der Waals surface area contributed by atoms with Crippen molar-refractivity contribution in [2.45, 2.75) is 27.2 Å². The number of aromatic nitrogens is 1. The van der Waals surface area contributed by atoms with Crippen LogP contribution in [0, 0.1) is 0 Å². The van der Waals surface area contributed by atoms with Gasteiger partial charge in [-0.25, -0.2) is 0 Å². The summed E-state index contributed by atoms with van der Waals surface area (Å²) in [4.78, 5) is 4.63. The highest BCUT2D eigenvalue weighted by atomic mass is 14.7. The van der Waals surface area contributed by atoms with Crippen molar-refractivity contribution in [3.63, 3.8) is 0 Å². The Morgan fingerprint density at radius 1 is 0.923 bits per heavy atom. The normalized spacial score (nSPS) is 25.9. The van der Waals surface area contributed by atoms with Crippen molar-refractivity contribution in [2.24, 2.45) is 0 Å². The molecule has 1 aromatic heterocycles. The third-order valence-electron chi connectivity index (χ3n) is 4.66. The molecule has 0 atom stereocenters. The number of allylic oxidation sites excluding steroid dienone is 15. The topological polar surface area (TPSA) is 12.9 Å². The fourth-order valence-electron chi connectivity index (χ4n) is 3.24. The molecule has 0 amide bonds. The van der Waals surface area contributed by atoms with Gasteiger partial charge in [0.2, 0.25) is 0 Å². The number of pyridine rings is 1. The second-order valence-corrected chi connectivity index (χ2v) is 6.25. The van der Waals surface area contributed by atoms with Gasteiger partial charge in [-0.15, -0.1) is 0 Å². The SMILES string of the molecule is C/C=C1C=CC=CC(=C\C)/C2=C(CC)\C=C(C=Cc3ncccc32)\C=C/1. The first-order valence-corrected chi connectivity index (χ1v) is 9.21. The van der Waals surface area contributed by atoms with Gasteiger partial charge in [0.25, 0.3) is 0 Å². The summed E-state index contributed by atoms with van der Waals surface area (Å²) in [7, 11) is 0. The Morgan fingerprint density at radius 2 is 1.73 bits per heavy atom. The average Bonchev–Trinajstić information content (AvgIpc) is 2.66. The fourth-order valence-corrected chi connectivity index (χ4v) is 3.24. The molecule has 0 saturated carbocycles. The van der Waals surface area contributed by atoms with Crippen molar-refractivity contribution in [1.29, 1.82) is 0 Å². The number of rotatable bonds is 1. The van der Waals surface area contributed by atoms with Crippen LogP contribution in [0.2, 0.25) is 0 Å². The van der Waals surface area contributed by atoms with Crippen LogP contribution in [0.4, 0.5) is 0 Å². The minimum Gasteiger partial charge on any atom is -0.256 e. The van der Waals surface area contributed by atoms with E-state index < -0.39 is 0 Å². The minimum absolute atomic E-state index is 0.965. The monoisotopic (exact) mass is 339 g/mol. The predicted octanol–water partition coefficient (Wildman–Crippen LogP) is 6.77. The molecule has 1 aromatic rings. The molecule has 130 valence electrons. The molecular weight excluding hydrogens is 314 g/mol. The molecule has 0 aliphatic heterocycles. The number of hydrogen-bond donors (Lipinski definition) is 0. The van der Waals surface area contributed by atoms with E-state index in [1.54, 1.807) is 0 Å². The van der Waals surface area contributed by atoms with Crippen LogP contribution in [-0.4, -0.2) is 4.98 Å². The van der Waals surface area contributed by atoms with E-state index >= 15 is 0 Å². The summed E-state index contributed by atoms with van der Waals surface area (Å²) < 4.78 is 0. The zero-order valence-electron chi connectivity index (χ0n) is 15.7. The summed E-state index contributed by atoms with van der Waals surface area (Å²) in [6.07, 6.45) is 26.6. The molecule has 2 aliphatic rings. The third kappa shape index (κ3) is 3.83. The highest BCUT2D eigenvalue weighted by Gasteiger charge is 2.15. The van der Waals surface area contributed by atoms with Crippen molar-refractivity contribution in [3.8, 4) is 0 Å². The van der Waals surface area contributed by atoms with Crippen LogP contribution in [-0.2, 0) is 0 Å². The molecule has 26 heavy (non-hydrogen) atoms. The molecule has 1 heteroatoms. The van der Waals surface area contributed by atoms with Crippen LogP contribution < -0.4 is 0 Å². The van der Waals surface area contributed by atoms with Crippen LogP contribution in [0.5, 0.6) is 0 Å². The zero-order valence-corrected chi connectivity index (χ0v) is 15.7. The highest BCUT2D eigenvalue weighted by molar-refractivity contribution is 5.89. The van der Waals surface area contributed by atoms with Crippen LogP contribution in [0.3, 0.4) is 0 Å². The van der Waals surface area contributed by atoms with Crippen molar-refractivity contribution < 1.29 is 0 Å². The molecule has 2 aliphatic carbocycles. The maximum atomic E-state index is 4.63. The molecule has 0 saturated heterocycles. The van der Waals surface area contributed by atoms with Gasteiger partial charge in [0.15, 0.2) is 0 Å². The maximum Gasteiger partial charge on any atom is 0.0708 e. The van der Waals surface area contributed by atoms with E-state index in [1.807, 2.05) is 12.3 Å². The summed E-state index contributed by atoms with van der Waals surface area (Å²) in [6, 6.07) is 4.19. The van der Waals surface area contributed by atoms with Gasteiger partial charge in [0.1, 0.15) is 0 Å². The van der Waals surface area contributed by atoms with Gasteiger partial charge in [-0.1, -0.05) is 73.8 Å². The fraction of sp³-hybridized carbons (Fsp3) is 0.160. The second kappa shape index (κ2) is 8.44. The first-order valence-electron chi connectivity index (χ1n) is 9.21. The summed E-state index contributed by atoms with van der Waals surface area (Å²) in [6.45, 7) is 6.38. The average molecular weight is 339 g/mol. The largest absolute Gasteiger partial charge is 0.256 e. The smallest absolute Gasteiger partial charge is 0.0708 e. The predicted molar refractivity (Wildman–Crippen MR) is 113 cm³/mol. The second-order valence-electron chi connectivity index (χ2n) is 6.25. The molecule has 0 spiro atoms.